The number of fused-ring (bicyclic) bond motifs is 1. The summed E-state index contributed by atoms with van der Waals surface area (Å²) in [5.41, 5.74) is 3.89. The normalized spacial score (nSPS) is 12.7. The lowest BCUT2D eigenvalue weighted by atomic mass is 9.86. The molecule has 0 bridgehead atoms. The minimum absolute atomic E-state index is 0.201. The Morgan fingerprint density at radius 2 is 1.57 bits per heavy atom. The Hall–Kier alpha value is -4.11. The molecule has 0 spiro atoms. The average molecular weight is 560 g/mol. The highest BCUT2D eigenvalue weighted by Gasteiger charge is 2.28. The monoisotopic (exact) mass is 559 g/mol. The van der Waals surface area contributed by atoms with E-state index in [1.807, 2.05) is 45.0 Å². The number of hydrogen-bond donors (Lipinski definition) is 3. The smallest absolute Gasteiger partial charge is 0.272 e. The number of carbonyl (C=O) groups excluding carboxylic acids is 2. The van der Waals surface area contributed by atoms with Crippen molar-refractivity contribution in [2.24, 2.45) is 10.5 Å². The molecular weight excluding hydrogens is 534 g/mol. The molecule has 0 aliphatic rings. The number of carbonyl (C=O) groups is 2. The number of amides is 2. The molecule has 1 aromatic heterocycles. The molecule has 2 amide bonds. The third-order valence-corrected chi connectivity index (χ3v) is 6.15. The van der Waals surface area contributed by atoms with E-state index in [-0.39, 0.29) is 5.69 Å². The highest BCUT2D eigenvalue weighted by Crippen LogP contribution is 2.25. The maximum absolute atomic E-state index is 13.6. The number of hydrazone groups is 1. The van der Waals surface area contributed by atoms with E-state index in [1.165, 1.54) is 0 Å². The van der Waals surface area contributed by atoms with Crippen molar-refractivity contribution in [1.82, 2.24) is 20.9 Å². The molecule has 0 saturated heterocycles. The van der Waals surface area contributed by atoms with E-state index in [2.05, 4.69) is 42.0 Å². The zero-order valence-electron chi connectivity index (χ0n) is 20.6. The number of nitrogens with zero attached hydrogens (tertiary/aromatic N) is 2. The molecule has 0 aliphatic carbocycles. The number of halogens is 1. The molecule has 3 N–H and O–H groups in total. The van der Waals surface area contributed by atoms with E-state index in [0.29, 0.717) is 22.0 Å². The Morgan fingerprint density at radius 3 is 2.24 bits per heavy atom. The number of benzene rings is 3. The van der Waals surface area contributed by atoms with Gasteiger partial charge in [0.2, 0.25) is 0 Å². The van der Waals surface area contributed by atoms with Crippen LogP contribution in [0.2, 0.25) is 0 Å². The van der Waals surface area contributed by atoms with Gasteiger partial charge in [-0.15, -0.1) is 0 Å². The number of nitrogens with one attached hydrogen (secondary N) is 3. The molecule has 9 heteroatoms. The van der Waals surface area contributed by atoms with Gasteiger partial charge in [0.05, 0.1) is 11.1 Å². The predicted octanol–water partition coefficient (Wildman–Crippen LogP) is 4.72. The first kappa shape index (κ1) is 26.0. The van der Waals surface area contributed by atoms with Gasteiger partial charge in [-0.1, -0.05) is 85.2 Å². The van der Waals surface area contributed by atoms with Gasteiger partial charge >= 0.3 is 0 Å². The molecule has 0 saturated carbocycles. The third-order valence-electron chi connectivity index (χ3n) is 5.66. The first-order chi connectivity index (χ1) is 17.6. The lowest BCUT2D eigenvalue weighted by Gasteiger charge is -2.23. The fraction of sp³-hybridized carbons (Fsp3) is 0.179. The molecule has 188 valence electrons. The fourth-order valence-corrected chi connectivity index (χ4v) is 4.29. The third kappa shape index (κ3) is 6.00. The van der Waals surface area contributed by atoms with Crippen molar-refractivity contribution in [3.05, 3.63) is 111 Å². The summed E-state index contributed by atoms with van der Waals surface area (Å²) in [6, 6.07) is 21.7. The standard InChI is InChI=1S/C28H26BrN5O3/c1-28(2,3)24(18-12-9-13-19(29)16-18)32-34-27(37)23(30-25(35)17-10-5-4-6-11-17)22-20-14-7-8-15-21(20)26(36)33-31-22/h4-16,23H,1-3H3,(H,30,35)(H,33,36)(H,34,37). The SMILES string of the molecule is CC(C)(C)C(=NNC(=O)C(NC(=O)c1ccccc1)c1n[nH]c(=O)c2ccccc12)c1cccc(Br)c1. The zero-order chi connectivity index (χ0) is 26.6. The van der Waals surface area contributed by atoms with Crippen LogP contribution in [-0.4, -0.2) is 27.7 Å². The minimum Gasteiger partial charge on any atom is -0.335 e. The van der Waals surface area contributed by atoms with Crippen molar-refractivity contribution >= 4 is 44.2 Å². The van der Waals surface area contributed by atoms with Crippen LogP contribution < -0.4 is 16.3 Å². The van der Waals surface area contributed by atoms with E-state index >= 15 is 0 Å². The summed E-state index contributed by atoms with van der Waals surface area (Å²) >= 11 is 3.48. The molecule has 0 aliphatic heterocycles. The van der Waals surface area contributed by atoms with Crippen LogP contribution >= 0.6 is 15.9 Å². The first-order valence-electron chi connectivity index (χ1n) is 11.6. The van der Waals surface area contributed by atoms with E-state index in [1.54, 1.807) is 54.6 Å². The van der Waals surface area contributed by atoms with Crippen LogP contribution in [-0.2, 0) is 4.79 Å². The summed E-state index contributed by atoms with van der Waals surface area (Å²) in [7, 11) is 0. The summed E-state index contributed by atoms with van der Waals surface area (Å²) in [5.74, 6) is -1.07. The molecular formula is C28H26BrN5O3. The second-order valence-corrected chi connectivity index (χ2v) is 10.4. The van der Waals surface area contributed by atoms with Gasteiger partial charge in [-0.2, -0.15) is 10.2 Å². The highest BCUT2D eigenvalue weighted by atomic mass is 79.9. The Balaban J connectivity index is 1.76. The second kappa shape index (κ2) is 10.9. The fourth-order valence-electron chi connectivity index (χ4n) is 3.89. The molecule has 1 atom stereocenters. The van der Waals surface area contributed by atoms with Gasteiger partial charge < -0.3 is 5.32 Å². The quantitative estimate of drug-likeness (QED) is 0.234. The summed E-state index contributed by atoms with van der Waals surface area (Å²) < 4.78 is 0.880. The van der Waals surface area contributed by atoms with Crippen LogP contribution in [0.4, 0.5) is 0 Å². The number of rotatable bonds is 6. The van der Waals surface area contributed by atoms with Gasteiger partial charge in [0.25, 0.3) is 17.4 Å². The molecule has 8 nitrogen and oxygen atoms in total. The van der Waals surface area contributed by atoms with Crippen LogP contribution in [0.1, 0.15) is 48.4 Å². The Kier molecular flexibility index (Phi) is 7.63. The van der Waals surface area contributed by atoms with E-state index in [9.17, 15) is 14.4 Å². The van der Waals surface area contributed by atoms with Crippen LogP contribution in [0.25, 0.3) is 10.8 Å². The molecule has 1 heterocycles. The molecule has 4 rings (SSSR count). The van der Waals surface area contributed by atoms with Crippen molar-refractivity contribution < 1.29 is 9.59 Å². The first-order valence-corrected chi connectivity index (χ1v) is 12.4. The van der Waals surface area contributed by atoms with Crippen molar-refractivity contribution in [2.75, 3.05) is 0 Å². The molecule has 1 unspecified atom stereocenters. The van der Waals surface area contributed by atoms with Gasteiger partial charge in [-0.05, 0) is 35.9 Å². The largest absolute Gasteiger partial charge is 0.335 e. The van der Waals surface area contributed by atoms with E-state index in [4.69, 9.17) is 0 Å². The van der Waals surface area contributed by atoms with Crippen LogP contribution in [0.5, 0.6) is 0 Å². The maximum Gasteiger partial charge on any atom is 0.272 e. The van der Waals surface area contributed by atoms with Crippen LogP contribution in [0.15, 0.2) is 93.2 Å². The predicted molar refractivity (Wildman–Crippen MR) is 147 cm³/mol. The topological polar surface area (TPSA) is 116 Å². The number of hydrogen-bond acceptors (Lipinski definition) is 5. The highest BCUT2D eigenvalue weighted by molar-refractivity contribution is 9.10. The molecule has 3 aromatic carbocycles. The molecule has 37 heavy (non-hydrogen) atoms. The lowest BCUT2D eigenvalue weighted by Crippen LogP contribution is -2.40. The lowest BCUT2D eigenvalue weighted by molar-refractivity contribution is -0.123. The van der Waals surface area contributed by atoms with Gasteiger partial charge in [0, 0.05) is 20.8 Å². The van der Waals surface area contributed by atoms with Gasteiger partial charge in [0.15, 0.2) is 6.04 Å². The van der Waals surface area contributed by atoms with Crippen molar-refractivity contribution in [2.45, 2.75) is 26.8 Å². The maximum atomic E-state index is 13.6. The zero-order valence-corrected chi connectivity index (χ0v) is 22.2. The van der Waals surface area contributed by atoms with Crippen molar-refractivity contribution in [3.63, 3.8) is 0 Å². The van der Waals surface area contributed by atoms with Crippen molar-refractivity contribution in [1.29, 1.82) is 0 Å². The molecule has 0 radical (unpaired) electrons. The Bertz CT molecular complexity index is 1540. The average Bonchev–Trinajstić information content (AvgIpc) is 2.88. The number of aromatic nitrogens is 2. The number of H-pyrrole nitrogens is 1. The summed E-state index contributed by atoms with van der Waals surface area (Å²) in [6.07, 6.45) is 0. The second-order valence-electron chi connectivity index (χ2n) is 9.45. The number of aromatic amines is 1. The Labute approximate surface area is 222 Å². The van der Waals surface area contributed by atoms with Crippen LogP contribution in [0.3, 0.4) is 0 Å². The van der Waals surface area contributed by atoms with Gasteiger partial charge in [-0.25, -0.2) is 10.5 Å². The summed E-state index contributed by atoms with van der Waals surface area (Å²) in [6.45, 7) is 5.97. The van der Waals surface area contributed by atoms with Gasteiger partial charge in [0.1, 0.15) is 5.69 Å². The van der Waals surface area contributed by atoms with Gasteiger partial charge in [-0.3, -0.25) is 14.4 Å². The molecule has 4 aromatic rings. The molecule has 0 fully saturated rings. The Morgan fingerprint density at radius 1 is 0.919 bits per heavy atom. The van der Waals surface area contributed by atoms with E-state index in [0.717, 1.165) is 10.0 Å². The summed E-state index contributed by atoms with van der Waals surface area (Å²) in [4.78, 5) is 39.0. The van der Waals surface area contributed by atoms with Crippen LogP contribution in [0, 0.1) is 5.41 Å². The minimum atomic E-state index is -1.23. The summed E-state index contributed by atoms with van der Waals surface area (Å²) in [5, 5.41) is 14.6. The van der Waals surface area contributed by atoms with E-state index < -0.39 is 28.8 Å². The van der Waals surface area contributed by atoms with Crippen molar-refractivity contribution in [3.8, 4) is 0 Å².